The van der Waals surface area contributed by atoms with Crippen molar-refractivity contribution in [2.45, 2.75) is 69.7 Å². The van der Waals surface area contributed by atoms with Crippen molar-refractivity contribution in [1.82, 2.24) is 0 Å². The van der Waals surface area contributed by atoms with Crippen LogP contribution in [-0.2, 0) is 18.9 Å². The van der Waals surface area contributed by atoms with E-state index in [4.69, 9.17) is 24.7 Å². The molecule has 0 amide bonds. The van der Waals surface area contributed by atoms with E-state index in [2.05, 4.69) is 0 Å². The summed E-state index contributed by atoms with van der Waals surface area (Å²) in [5, 5.41) is 0. The van der Waals surface area contributed by atoms with Crippen molar-refractivity contribution in [2.24, 2.45) is 5.73 Å². The third-order valence-electron chi connectivity index (χ3n) is 3.41. The molecule has 0 unspecified atom stereocenters. The van der Waals surface area contributed by atoms with E-state index in [1.165, 1.54) is 0 Å². The van der Waals surface area contributed by atoms with Crippen molar-refractivity contribution < 1.29 is 18.9 Å². The fourth-order valence-electron chi connectivity index (χ4n) is 2.92. The Bertz CT molecular complexity index is 287. The second kappa shape index (κ2) is 2.97. The Labute approximate surface area is 95.2 Å². The van der Waals surface area contributed by atoms with Crippen LogP contribution >= 0.6 is 0 Å². The van der Waals surface area contributed by atoms with Crippen LogP contribution in [0, 0.1) is 0 Å². The van der Waals surface area contributed by atoms with Gasteiger partial charge in [-0.1, -0.05) is 0 Å². The lowest BCUT2D eigenvalue weighted by atomic mass is 10.2. The predicted octanol–water partition coefficient (Wildman–Crippen LogP) is 0.367. The highest BCUT2D eigenvalue weighted by molar-refractivity contribution is 5.10. The van der Waals surface area contributed by atoms with Crippen LogP contribution in [0.2, 0.25) is 0 Å². The third-order valence-corrected chi connectivity index (χ3v) is 3.41. The van der Waals surface area contributed by atoms with Gasteiger partial charge in [-0.15, -0.1) is 0 Å². The van der Waals surface area contributed by atoms with Gasteiger partial charge in [-0.25, -0.2) is 0 Å². The van der Waals surface area contributed by atoms with Gasteiger partial charge < -0.3 is 24.7 Å². The van der Waals surface area contributed by atoms with E-state index < -0.39 is 11.6 Å². The molecular formula is C11H19NO4. The third kappa shape index (κ3) is 1.43. The van der Waals surface area contributed by atoms with Crippen molar-refractivity contribution in [3.05, 3.63) is 0 Å². The van der Waals surface area contributed by atoms with Gasteiger partial charge in [-0.05, 0) is 27.7 Å². The topological polar surface area (TPSA) is 62.9 Å². The van der Waals surface area contributed by atoms with Crippen LogP contribution in [0.5, 0.6) is 0 Å². The number of fused-ring (bicyclic) bond motifs is 3. The SMILES string of the molecule is CC1(C)O[C@@H]2[C@H]3OC(C)(C)O[C@H]3C(N)[C@@H]2O1. The normalized spacial score (nSPS) is 52.7. The molecule has 5 nitrogen and oxygen atoms in total. The quantitative estimate of drug-likeness (QED) is 0.650. The van der Waals surface area contributed by atoms with Crippen LogP contribution in [0.15, 0.2) is 0 Å². The molecule has 3 fully saturated rings. The summed E-state index contributed by atoms with van der Waals surface area (Å²) in [5.74, 6) is -1.15. The molecular weight excluding hydrogens is 210 g/mol. The molecule has 0 bridgehead atoms. The molecule has 2 aliphatic heterocycles. The number of ether oxygens (including phenoxy) is 4. The molecule has 1 saturated carbocycles. The van der Waals surface area contributed by atoms with Crippen molar-refractivity contribution in [2.75, 3.05) is 0 Å². The maximum atomic E-state index is 6.14. The first-order chi connectivity index (χ1) is 7.29. The van der Waals surface area contributed by atoms with E-state index in [1.54, 1.807) is 0 Å². The highest BCUT2D eigenvalue weighted by Crippen LogP contribution is 2.45. The zero-order valence-electron chi connectivity index (χ0n) is 10.1. The summed E-state index contributed by atoms with van der Waals surface area (Å²) in [7, 11) is 0. The average Bonchev–Trinajstić information content (AvgIpc) is 2.66. The molecule has 3 aliphatic rings. The molecule has 0 aromatic heterocycles. The molecule has 1 aliphatic carbocycles. The van der Waals surface area contributed by atoms with Crippen molar-refractivity contribution >= 4 is 0 Å². The van der Waals surface area contributed by atoms with E-state index in [1.807, 2.05) is 27.7 Å². The van der Waals surface area contributed by atoms with E-state index >= 15 is 0 Å². The molecule has 16 heavy (non-hydrogen) atoms. The van der Waals surface area contributed by atoms with Gasteiger partial charge in [0.25, 0.3) is 0 Å². The van der Waals surface area contributed by atoms with Crippen LogP contribution in [-0.4, -0.2) is 42.0 Å². The molecule has 0 aromatic carbocycles. The fraction of sp³-hybridized carbons (Fsp3) is 1.00. The van der Waals surface area contributed by atoms with Gasteiger partial charge in [0, 0.05) is 0 Å². The molecule has 4 atom stereocenters. The molecule has 2 heterocycles. The Morgan fingerprint density at radius 3 is 1.38 bits per heavy atom. The summed E-state index contributed by atoms with van der Waals surface area (Å²) in [4.78, 5) is 0. The first kappa shape index (κ1) is 10.9. The monoisotopic (exact) mass is 229 g/mol. The number of nitrogens with two attached hydrogens (primary N) is 1. The summed E-state index contributed by atoms with van der Waals surface area (Å²) in [6.07, 6.45) is -0.476. The first-order valence-electron chi connectivity index (χ1n) is 5.76. The molecule has 2 N–H and O–H groups in total. The summed E-state index contributed by atoms with van der Waals surface area (Å²) in [6, 6.07) is -0.182. The summed E-state index contributed by atoms with van der Waals surface area (Å²) in [5.41, 5.74) is 6.14. The van der Waals surface area contributed by atoms with Crippen LogP contribution in [0.4, 0.5) is 0 Å². The second-order valence-electron chi connectivity index (χ2n) is 5.71. The van der Waals surface area contributed by atoms with E-state index in [9.17, 15) is 0 Å². The minimum atomic E-state index is -0.575. The Hall–Kier alpha value is -0.200. The van der Waals surface area contributed by atoms with Crippen molar-refractivity contribution in [3.8, 4) is 0 Å². The lowest BCUT2D eigenvalue weighted by Crippen LogP contribution is -2.43. The maximum Gasteiger partial charge on any atom is 0.163 e. The van der Waals surface area contributed by atoms with Crippen LogP contribution in [0.25, 0.3) is 0 Å². The molecule has 2 saturated heterocycles. The number of rotatable bonds is 0. The number of hydrogen-bond acceptors (Lipinski definition) is 5. The molecule has 0 spiro atoms. The average molecular weight is 229 g/mol. The van der Waals surface area contributed by atoms with E-state index in [-0.39, 0.29) is 30.5 Å². The Balaban J connectivity index is 1.86. The molecule has 0 aromatic rings. The zero-order valence-corrected chi connectivity index (χ0v) is 10.1. The highest BCUT2D eigenvalue weighted by atomic mass is 16.8. The Morgan fingerprint density at radius 2 is 1.00 bits per heavy atom. The smallest absolute Gasteiger partial charge is 0.163 e. The Kier molecular flexibility index (Phi) is 2.03. The molecule has 3 rings (SSSR count). The van der Waals surface area contributed by atoms with E-state index in [0.717, 1.165) is 0 Å². The largest absolute Gasteiger partial charge is 0.343 e. The van der Waals surface area contributed by atoms with Gasteiger partial charge in [-0.2, -0.15) is 0 Å². The summed E-state index contributed by atoms with van der Waals surface area (Å²) < 4.78 is 23.3. The Morgan fingerprint density at radius 1 is 0.688 bits per heavy atom. The lowest BCUT2D eigenvalue weighted by Gasteiger charge is -2.23. The summed E-state index contributed by atoms with van der Waals surface area (Å²) >= 11 is 0. The minimum absolute atomic E-state index is 0.114. The molecule has 92 valence electrons. The summed E-state index contributed by atoms with van der Waals surface area (Å²) in [6.45, 7) is 7.59. The maximum absolute atomic E-state index is 6.14. The first-order valence-corrected chi connectivity index (χ1v) is 5.76. The van der Waals surface area contributed by atoms with Gasteiger partial charge in [0.2, 0.25) is 0 Å². The molecule has 5 heteroatoms. The highest BCUT2D eigenvalue weighted by Gasteiger charge is 2.63. The van der Waals surface area contributed by atoms with Crippen LogP contribution in [0.3, 0.4) is 0 Å². The van der Waals surface area contributed by atoms with Gasteiger partial charge in [0.05, 0.1) is 6.04 Å². The van der Waals surface area contributed by atoms with Crippen molar-refractivity contribution in [1.29, 1.82) is 0 Å². The zero-order chi connectivity index (χ0) is 11.7. The van der Waals surface area contributed by atoms with Crippen molar-refractivity contribution in [3.63, 3.8) is 0 Å². The van der Waals surface area contributed by atoms with Gasteiger partial charge >= 0.3 is 0 Å². The fourth-order valence-corrected chi connectivity index (χ4v) is 2.92. The van der Waals surface area contributed by atoms with Crippen LogP contribution < -0.4 is 5.73 Å². The van der Waals surface area contributed by atoms with Gasteiger partial charge in [-0.3, -0.25) is 0 Å². The predicted molar refractivity (Wildman–Crippen MR) is 55.6 cm³/mol. The van der Waals surface area contributed by atoms with E-state index in [0.29, 0.717) is 0 Å². The minimum Gasteiger partial charge on any atom is -0.343 e. The standard InChI is InChI=1S/C11H19NO4/c1-10(2)13-6-5(12)7-9(8(6)15-10)16-11(3,4)14-7/h5-9H,12H2,1-4H3/t6-,7-,8-,9-/m0/s1. The number of hydrogen-bond donors (Lipinski definition) is 1. The second-order valence-corrected chi connectivity index (χ2v) is 5.71. The van der Waals surface area contributed by atoms with Gasteiger partial charge in [0.15, 0.2) is 11.6 Å². The lowest BCUT2D eigenvalue weighted by molar-refractivity contribution is -0.174. The molecule has 0 radical (unpaired) electrons. The van der Waals surface area contributed by atoms with Gasteiger partial charge in [0.1, 0.15) is 24.4 Å². The van der Waals surface area contributed by atoms with Crippen LogP contribution in [0.1, 0.15) is 27.7 Å².